The van der Waals surface area contributed by atoms with Crippen LogP contribution in [0.3, 0.4) is 0 Å². The normalized spacial score (nSPS) is 12.4. The summed E-state index contributed by atoms with van der Waals surface area (Å²) >= 11 is 5.17. The Hall–Kier alpha value is -0.840. The summed E-state index contributed by atoms with van der Waals surface area (Å²) in [5, 5.41) is 2.04. The topological polar surface area (TPSA) is 35.2 Å². The fraction of sp³-hybridized carbons (Fsp3) is 0.231. The summed E-state index contributed by atoms with van der Waals surface area (Å²) in [5.74, 6) is 0.870. The van der Waals surface area contributed by atoms with E-state index in [1.807, 2.05) is 42.6 Å². The fourth-order valence-electron chi connectivity index (χ4n) is 1.44. The molecule has 0 aliphatic carbocycles. The lowest BCUT2D eigenvalue weighted by atomic mass is 10.1. The number of nitrogens with two attached hydrogens (primary N) is 1. The van der Waals surface area contributed by atoms with Crippen molar-refractivity contribution in [2.24, 2.45) is 5.73 Å². The highest BCUT2D eigenvalue weighted by atomic mass is 79.9. The van der Waals surface area contributed by atoms with Crippen LogP contribution in [0.2, 0.25) is 0 Å². The van der Waals surface area contributed by atoms with Gasteiger partial charge in [0, 0.05) is 10.5 Å². The third-order valence-corrected chi connectivity index (χ3v) is 4.37. The Balaban J connectivity index is 1.98. The molecule has 0 saturated heterocycles. The molecule has 4 heteroatoms. The molecule has 2 rings (SSSR count). The second-order valence-electron chi connectivity index (χ2n) is 3.84. The third-order valence-electron chi connectivity index (χ3n) is 2.47. The number of thiophene rings is 1. The molecule has 1 heterocycles. The van der Waals surface area contributed by atoms with E-state index in [4.69, 9.17) is 10.5 Å². The highest BCUT2D eigenvalue weighted by Gasteiger charge is 2.03. The van der Waals surface area contributed by atoms with E-state index in [2.05, 4.69) is 15.9 Å². The molecule has 90 valence electrons. The monoisotopic (exact) mass is 311 g/mol. The molecule has 0 radical (unpaired) electrons. The standard InChI is InChI=1S/C13H14BrNOS/c1-9(15)10-2-4-11(5-3-10)16-8-13-12(14)6-7-17-13/h2-7,9H,8,15H2,1H3/t9-/m0/s1. The minimum Gasteiger partial charge on any atom is -0.488 e. The average molecular weight is 312 g/mol. The van der Waals surface area contributed by atoms with Gasteiger partial charge in [0.25, 0.3) is 0 Å². The van der Waals surface area contributed by atoms with E-state index in [1.54, 1.807) is 11.3 Å². The first kappa shape index (κ1) is 12.6. The second-order valence-corrected chi connectivity index (χ2v) is 5.69. The highest BCUT2D eigenvalue weighted by Crippen LogP contribution is 2.24. The highest BCUT2D eigenvalue weighted by molar-refractivity contribution is 9.10. The molecule has 0 spiro atoms. The van der Waals surface area contributed by atoms with Gasteiger partial charge in [0.2, 0.25) is 0 Å². The first-order valence-electron chi connectivity index (χ1n) is 5.37. The zero-order valence-electron chi connectivity index (χ0n) is 9.52. The Bertz CT molecular complexity index is 478. The predicted octanol–water partition coefficient (Wildman–Crippen LogP) is 4.11. The van der Waals surface area contributed by atoms with E-state index in [0.717, 1.165) is 15.8 Å². The molecule has 2 nitrogen and oxygen atoms in total. The minimum absolute atomic E-state index is 0.0653. The van der Waals surface area contributed by atoms with Gasteiger partial charge in [0.15, 0.2) is 0 Å². The summed E-state index contributed by atoms with van der Waals surface area (Å²) in [7, 11) is 0. The Morgan fingerprint density at radius 1 is 1.29 bits per heavy atom. The Morgan fingerprint density at radius 2 is 2.00 bits per heavy atom. The first-order chi connectivity index (χ1) is 8.16. The average Bonchev–Trinajstić information content (AvgIpc) is 2.73. The zero-order valence-corrected chi connectivity index (χ0v) is 11.9. The van der Waals surface area contributed by atoms with E-state index in [0.29, 0.717) is 6.61 Å². The van der Waals surface area contributed by atoms with Crippen LogP contribution in [0.5, 0.6) is 5.75 Å². The van der Waals surface area contributed by atoms with Crippen LogP contribution in [-0.2, 0) is 6.61 Å². The van der Waals surface area contributed by atoms with Crippen LogP contribution < -0.4 is 10.5 Å². The van der Waals surface area contributed by atoms with Crippen molar-refractivity contribution in [1.82, 2.24) is 0 Å². The number of halogens is 1. The third kappa shape index (κ3) is 3.31. The summed E-state index contributed by atoms with van der Waals surface area (Å²) in [6.07, 6.45) is 0. The second kappa shape index (κ2) is 5.67. The van der Waals surface area contributed by atoms with Crippen LogP contribution in [-0.4, -0.2) is 0 Å². The van der Waals surface area contributed by atoms with Crippen molar-refractivity contribution < 1.29 is 4.74 Å². The summed E-state index contributed by atoms with van der Waals surface area (Å²) in [6.45, 7) is 2.56. The SMILES string of the molecule is C[C@H](N)c1ccc(OCc2sccc2Br)cc1. The minimum atomic E-state index is 0.0653. The molecule has 1 aromatic carbocycles. The van der Waals surface area contributed by atoms with E-state index >= 15 is 0 Å². The Labute approximate surface area is 114 Å². The van der Waals surface area contributed by atoms with Gasteiger partial charge in [0.05, 0.1) is 4.88 Å². The van der Waals surface area contributed by atoms with E-state index in [9.17, 15) is 0 Å². The van der Waals surface area contributed by atoms with E-state index in [-0.39, 0.29) is 6.04 Å². The lowest BCUT2D eigenvalue weighted by molar-refractivity contribution is 0.309. The number of hydrogen-bond acceptors (Lipinski definition) is 3. The van der Waals surface area contributed by atoms with Gasteiger partial charge in [-0.25, -0.2) is 0 Å². The van der Waals surface area contributed by atoms with Crippen molar-refractivity contribution in [3.8, 4) is 5.75 Å². The van der Waals surface area contributed by atoms with Crippen LogP contribution in [0, 0.1) is 0 Å². The molecule has 0 aliphatic heterocycles. The molecule has 17 heavy (non-hydrogen) atoms. The van der Waals surface area contributed by atoms with Gasteiger partial charge in [-0.1, -0.05) is 12.1 Å². The van der Waals surface area contributed by atoms with Crippen molar-refractivity contribution in [2.45, 2.75) is 19.6 Å². The van der Waals surface area contributed by atoms with E-state index in [1.165, 1.54) is 4.88 Å². The number of hydrogen-bond donors (Lipinski definition) is 1. The lowest BCUT2D eigenvalue weighted by Gasteiger charge is -2.08. The molecule has 0 aliphatic rings. The molecule has 1 atom stereocenters. The van der Waals surface area contributed by atoms with E-state index < -0.39 is 0 Å². The van der Waals surface area contributed by atoms with Crippen LogP contribution >= 0.6 is 27.3 Å². The molecule has 0 unspecified atom stereocenters. The van der Waals surface area contributed by atoms with Gasteiger partial charge in [-0.3, -0.25) is 0 Å². The largest absolute Gasteiger partial charge is 0.488 e. The van der Waals surface area contributed by atoms with Crippen molar-refractivity contribution in [2.75, 3.05) is 0 Å². The number of benzene rings is 1. The summed E-state index contributed by atoms with van der Waals surface area (Å²) < 4.78 is 6.81. The maximum absolute atomic E-state index is 5.79. The van der Waals surface area contributed by atoms with Crippen molar-refractivity contribution in [3.05, 3.63) is 50.6 Å². The summed E-state index contributed by atoms with van der Waals surface area (Å²) in [4.78, 5) is 1.20. The van der Waals surface area contributed by atoms with Crippen LogP contribution in [0.4, 0.5) is 0 Å². The van der Waals surface area contributed by atoms with Crippen LogP contribution in [0.25, 0.3) is 0 Å². The van der Waals surface area contributed by atoms with Gasteiger partial charge >= 0.3 is 0 Å². The van der Waals surface area contributed by atoms with Gasteiger partial charge in [0.1, 0.15) is 12.4 Å². The van der Waals surface area contributed by atoms with Gasteiger partial charge in [-0.2, -0.15) is 0 Å². The van der Waals surface area contributed by atoms with Crippen molar-refractivity contribution in [3.63, 3.8) is 0 Å². The predicted molar refractivity (Wildman–Crippen MR) is 75.4 cm³/mol. The molecular formula is C13H14BrNOS. The first-order valence-corrected chi connectivity index (χ1v) is 7.04. The maximum atomic E-state index is 5.79. The fourth-order valence-corrected chi connectivity index (χ4v) is 2.82. The molecule has 2 aromatic rings. The Kier molecular flexibility index (Phi) is 4.20. The van der Waals surface area contributed by atoms with Crippen LogP contribution in [0.15, 0.2) is 40.2 Å². The molecule has 1 aromatic heterocycles. The maximum Gasteiger partial charge on any atom is 0.124 e. The number of ether oxygens (including phenoxy) is 1. The summed E-state index contributed by atoms with van der Waals surface area (Å²) in [6, 6.07) is 10.0. The van der Waals surface area contributed by atoms with Gasteiger partial charge in [-0.15, -0.1) is 11.3 Å². The molecular weight excluding hydrogens is 298 g/mol. The quantitative estimate of drug-likeness (QED) is 0.922. The molecule has 0 bridgehead atoms. The Morgan fingerprint density at radius 3 is 2.53 bits per heavy atom. The zero-order chi connectivity index (χ0) is 12.3. The molecule has 0 saturated carbocycles. The van der Waals surface area contributed by atoms with Gasteiger partial charge in [-0.05, 0) is 52.0 Å². The molecule has 0 amide bonds. The van der Waals surface area contributed by atoms with Crippen molar-refractivity contribution in [1.29, 1.82) is 0 Å². The smallest absolute Gasteiger partial charge is 0.124 e. The molecule has 0 fully saturated rings. The number of rotatable bonds is 4. The summed E-state index contributed by atoms with van der Waals surface area (Å²) in [5.41, 5.74) is 6.91. The van der Waals surface area contributed by atoms with Gasteiger partial charge < -0.3 is 10.5 Å². The lowest BCUT2D eigenvalue weighted by Crippen LogP contribution is -2.04. The van der Waals surface area contributed by atoms with Crippen molar-refractivity contribution >= 4 is 27.3 Å². The molecule has 2 N–H and O–H groups in total. The van der Waals surface area contributed by atoms with Crippen LogP contribution in [0.1, 0.15) is 23.4 Å².